The van der Waals surface area contributed by atoms with E-state index >= 15 is 0 Å². The van der Waals surface area contributed by atoms with Gasteiger partial charge in [-0.1, -0.05) is 0 Å². The van der Waals surface area contributed by atoms with E-state index in [1.165, 1.54) is 38.5 Å². The lowest BCUT2D eigenvalue weighted by Crippen LogP contribution is -2.30. The van der Waals surface area contributed by atoms with Gasteiger partial charge in [-0.05, 0) is 63.7 Å². The predicted octanol–water partition coefficient (Wildman–Crippen LogP) is 2.63. The summed E-state index contributed by atoms with van der Waals surface area (Å²) in [5.41, 5.74) is 1.16. The van der Waals surface area contributed by atoms with Crippen molar-refractivity contribution in [3.05, 3.63) is 18.3 Å². The van der Waals surface area contributed by atoms with E-state index in [1.54, 1.807) is 0 Å². The second kappa shape index (κ2) is 6.93. The average molecular weight is 274 g/mol. The van der Waals surface area contributed by atoms with Crippen LogP contribution < -0.4 is 15.5 Å². The number of rotatable bonds is 3. The molecule has 2 fully saturated rings. The van der Waals surface area contributed by atoms with E-state index in [9.17, 15) is 0 Å². The zero-order chi connectivity index (χ0) is 13.6. The topological polar surface area (TPSA) is 40.2 Å². The maximum atomic E-state index is 4.64. The van der Waals surface area contributed by atoms with Crippen LogP contribution in [0.3, 0.4) is 0 Å². The van der Waals surface area contributed by atoms with Gasteiger partial charge in [0.05, 0.1) is 11.9 Å². The first-order valence-corrected chi connectivity index (χ1v) is 8.10. The fraction of sp³-hybridized carbons (Fsp3) is 0.688. The Morgan fingerprint density at radius 3 is 2.75 bits per heavy atom. The van der Waals surface area contributed by atoms with Crippen LogP contribution >= 0.6 is 0 Å². The number of hydrogen-bond donors (Lipinski definition) is 2. The largest absolute Gasteiger partial charge is 0.381 e. The monoisotopic (exact) mass is 274 g/mol. The summed E-state index contributed by atoms with van der Waals surface area (Å²) in [4.78, 5) is 7.04. The molecule has 1 aromatic heterocycles. The Hall–Kier alpha value is -1.29. The van der Waals surface area contributed by atoms with Gasteiger partial charge in [-0.15, -0.1) is 0 Å². The second-order valence-electron chi connectivity index (χ2n) is 5.97. The van der Waals surface area contributed by atoms with Crippen molar-refractivity contribution in [3.63, 3.8) is 0 Å². The highest BCUT2D eigenvalue weighted by atomic mass is 15.2. The minimum atomic E-state index is 0.590. The zero-order valence-corrected chi connectivity index (χ0v) is 12.3. The lowest BCUT2D eigenvalue weighted by molar-refractivity contribution is 0.573. The highest BCUT2D eigenvalue weighted by Gasteiger charge is 2.13. The summed E-state index contributed by atoms with van der Waals surface area (Å²) in [7, 11) is 0. The molecule has 3 heterocycles. The van der Waals surface area contributed by atoms with Crippen LogP contribution in [0.1, 0.15) is 38.5 Å². The molecule has 1 unspecified atom stereocenters. The lowest BCUT2D eigenvalue weighted by Gasteiger charge is -2.28. The van der Waals surface area contributed by atoms with Gasteiger partial charge in [0.25, 0.3) is 0 Å². The number of piperidine rings is 1. The number of aromatic nitrogens is 1. The van der Waals surface area contributed by atoms with Crippen LogP contribution in [0.2, 0.25) is 0 Å². The fourth-order valence-electron chi connectivity index (χ4n) is 3.18. The van der Waals surface area contributed by atoms with Crippen molar-refractivity contribution in [2.45, 2.75) is 44.6 Å². The zero-order valence-electron chi connectivity index (χ0n) is 12.3. The van der Waals surface area contributed by atoms with Gasteiger partial charge in [0.2, 0.25) is 0 Å². The molecule has 2 N–H and O–H groups in total. The van der Waals surface area contributed by atoms with Gasteiger partial charge in [-0.3, -0.25) is 0 Å². The quantitative estimate of drug-likeness (QED) is 0.889. The lowest BCUT2D eigenvalue weighted by atomic mass is 10.1. The average Bonchev–Trinajstić information content (AvgIpc) is 2.78. The fourth-order valence-corrected chi connectivity index (χ4v) is 3.18. The molecule has 0 bridgehead atoms. The van der Waals surface area contributed by atoms with Crippen molar-refractivity contribution < 1.29 is 0 Å². The minimum Gasteiger partial charge on any atom is -0.381 e. The Morgan fingerprint density at radius 1 is 1.05 bits per heavy atom. The third-order valence-electron chi connectivity index (χ3n) is 4.37. The molecule has 4 heteroatoms. The number of nitrogens with zero attached hydrogens (tertiary/aromatic N) is 2. The summed E-state index contributed by atoms with van der Waals surface area (Å²) in [5.74, 6) is 1.14. The molecule has 0 saturated carbocycles. The maximum absolute atomic E-state index is 4.64. The van der Waals surface area contributed by atoms with Gasteiger partial charge in [0.1, 0.15) is 5.82 Å². The third-order valence-corrected chi connectivity index (χ3v) is 4.37. The summed E-state index contributed by atoms with van der Waals surface area (Å²) in [6, 6.07) is 4.95. The van der Waals surface area contributed by atoms with Gasteiger partial charge >= 0.3 is 0 Å². The highest BCUT2D eigenvalue weighted by Crippen LogP contribution is 2.20. The van der Waals surface area contributed by atoms with Gasteiger partial charge in [0, 0.05) is 19.1 Å². The number of pyridine rings is 1. The molecule has 1 aromatic rings. The molecule has 0 spiro atoms. The summed E-state index contributed by atoms with van der Waals surface area (Å²) < 4.78 is 0. The summed E-state index contributed by atoms with van der Waals surface area (Å²) in [5, 5.41) is 7.08. The molecular formula is C16H26N4. The number of anilines is 2. The first-order chi connectivity index (χ1) is 9.92. The molecule has 0 aliphatic carbocycles. The molecule has 2 saturated heterocycles. The molecule has 0 radical (unpaired) electrons. The Bertz CT molecular complexity index is 389. The molecular weight excluding hydrogens is 248 g/mol. The van der Waals surface area contributed by atoms with E-state index in [0.29, 0.717) is 6.04 Å². The minimum absolute atomic E-state index is 0.590. The van der Waals surface area contributed by atoms with Crippen LogP contribution in [0.5, 0.6) is 0 Å². The molecule has 20 heavy (non-hydrogen) atoms. The van der Waals surface area contributed by atoms with Crippen molar-refractivity contribution >= 4 is 11.5 Å². The van der Waals surface area contributed by atoms with Gasteiger partial charge < -0.3 is 15.5 Å². The molecule has 0 aromatic carbocycles. The van der Waals surface area contributed by atoms with Crippen LogP contribution in [0.15, 0.2) is 18.3 Å². The van der Waals surface area contributed by atoms with Gasteiger partial charge in [0.15, 0.2) is 0 Å². The van der Waals surface area contributed by atoms with Crippen molar-refractivity contribution in [2.24, 2.45) is 0 Å². The second-order valence-corrected chi connectivity index (χ2v) is 5.97. The van der Waals surface area contributed by atoms with E-state index in [4.69, 9.17) is 0 Å². The standard InChI is InChI=1S/C16H26N4/c1-2-11-20(12-3-1)16-7-6-15(13-18-16)19-14-5-4-9-17-10-8-14/h6-7,13-14,17,19H,1-5,8-12H2. The van der Waals surface area contributed by atoms with Gasteiger partial charge in [-0.25, -0.2) is 4.98 Å². The third kappa shape index (κ3) is 3.63. The van der Waals surface area contributed by atoms with Crippen LogP contribution in [0.25, 0.3) is 0 Å². The SMILES string of the molecule is c1cc(N2CCCCC2)ncc1NC1CCCNCC1. The van der Waals surface area contributed by atoms with Crippen LogP contribution in [-0.2, 0) is 0 Å². The molecule has 0 amide bonds. The highest BCUT2D eigenvalue weighted by molar-refractivity contribution is 5.49. The van der Waals surface area contributed by atoms with Gasteiger partial charge in [-0.2, -0.15) is 0 Å². The molecule has 2 aliphatic rings. The predicted molar refractivity (Wildman–Crippen MR) is 84.4 cm³/mol. The number of hydrogen-bond acceptors (Lipinski definition) is 4. The van der Waals surface area contributed by atoms with Crippen LogP contribution in [0, 0.1) is 0 Å². The molecule has 1 atom stereocenters. The molecule has 3 rings (SSSR count). The van der Waals surface area contributed by atoms with E-state index in [0.717, 1.165) is 37.7 Å². The van der Waals surface area contributed by atoms with Crippen molar-refractivity contribution in [2.75, 3.05) is 36.4 Å². The Labute approximate surface area is 122 Å². The van der Waals surface area contributed by atoms with E-state index < -0.39 is 0 Å². The molecule has 110 valence electrons. The van der Waals surface area contributed by atoms with Crippen molar-refractivity contribution in [1.29, 1.82) is 0 Å². The first kappa shape index (κ1) is 13.7. The van der Waals surface area contributed by atoms with Crippen LogP contribution in [0.4, 0.5) is 11.5 Å². The normalized spacial score (nSPS) is 24.2. The van der Waals surface area contributed by atoms with Crippen molar-refractivity contribution in [3.8, 4) is 0 Å². The summed E-state index contributed by atoms with van der Waals surface area (Å²) in [6.45, 7) is 4.60. The first-order valence-electron chi connectivity index (χ1n) is 8.10. The Balaban J connectivity index is 1.57. The summed E-state index contributed by atoms with van der Waals surface area (Å²) >= 11 is 0. The number of nitrogens with one attached hydrogen (secondary N) is 2. The van der Waals surface area contributed by atoms with E-state index in [2.05, 4.69) is 32.7 Å². The van der Waals surface area contributed by atoms with E-state index in [-0.39, 0.29) is 0 Å². The van der Waals surface area contributed by atoms with E-state index in [1.807, 2.05) is 6.20 Å². The molecule has 2 aliphatic heterocycles. The Morgan fingerprint density at radius 2 is 1.95 bits per heavy atom. The Kier molecular flexibility index (Phi) is 4.74. The molecule has 4 nitrogen and oxygen atoms in total. The van der Waals surface area contributed by atoms with Crippen LogP contribution in [-0.4, -0.2) is 37.2 Å². The van der Waals surface area contributed by atoms with Crippen molar-refractivity contribution in [1.82, 2.24) is 10.3 Å². The smallest absolute Gasteiger partial charge is 0.128 e. The maximum Gasteiger partial charge on any atom is 0.128 e. The summed E-state index contributed by atoms with van der Waals surface area (Å²) in [6.07, 6.45) is 9.69.